The first-order valence-corrected chi connectivity index (χ1v) is 3.16. The number of benzene rings is 1. The van der Waals surface area contributed by atoms with Crippen LogP contribution < -0.4 is 0 Å². The van der Waals surface area contributed by atoms with Gasteiger partial charge in [0.15, 0.2) is 17.5 Å². The van der Waals surface area contributed by atoms with Gasteiger partial charge in [-0.05, 0) is 0 Å². The predicted octanol–water partition coefficient (Wildman–Crippen LogP) is 1.98. The van der Waals surface area contributed by atoms with Crippen LogP contribution in [0, 0.1) is 17.5 Å². The number of hydrogen-bond donors (Lipinski definition) is 1. The van der Waals surface area contributed by atoms with E-state index in [0.717, 1.165) is 6.20 Å². The molecule has 2 nitrogen and oxygen atoms in total. The number of H-pyrrole nitrogens is 1. The second-order valence-electron chi connectivity index (χ2n) is 2.31. The lowest BCUT2D eigenvalue weighted by molar-refractivity contribution is 0.505. The molecule has 0 spiro atoms. The average molecular weight is 172 g/mol. The van der Waals surface area contributed by atoms with Gasteiger partial charge in [0.2, 0.25) is 0 Å². The van der Waals surface area contributed by atoms with Crippen LogP contribution in [0.25, 0.3) is 10.9 Å². The third-order valence-electron chi connectivity index (χ3n) is 1.58. The van der Waals surface area contributed by atoms with Crippen LogP contribution in [0.2, 0.25) is 0 Å². The minimum atomic E-state index is -1.21. The maximum Gasteiger partial charge on any atom is 0.170 e. The maximum atomic E-state index is 12.8. The molecule has 0 aliphatic rings. The highest BCUT2D eigenvalue weighted by molar-refractivity contribution is 5.79. The molecule has 1 N–H and O–H groups in total. The van der Waals surface area contributed by atoms with Gasteiger partial charge < -0.3 is 0 Å². The normalized spacial score (nSPS) is 10.9. The molecule has 2 aromatic rings. The topological polar surface area (TPSA) is 28.7 Å². The molecule has 0 fully saturated rings. The first-order chi connectivity index (χ1) is 5.70. The first kappa shape index (κ1) is 7.15. The smallest absolute Gasteiger partial charge is 0.170 e. The summed E-state index contributed by atoms with van der Waals surface area (Å²) in [5, 5.41) is 5.44. The molecule has 0 atom stereocenters. The molecule has 62 valence electrons. The van der Waals surface area contributed by atoms with Crippen molar-refractivity contribution in [2.45, 2.75) is 0 Å². The van der Waals surface area contributed by atoms with E-state index in [1.165, 1.54) is 0 Å². The van der Waals surface area contributed by atoms with Crippen molar-refractivity contribution >= 4 is 10.9 Å². The van der Waals surface area contributed by atoms with Crippen LogP contribution in [0.3, 0.4) is 0 Å². The number of aromatic nitrogens is 2. The minimum absolute atomic E-state index is 0.117. The highest BCUT2D eigenvalue weighted by atomic mass is 19.2. The van der Waals surface area contributed by atoms with Gasteiger partial charge in [-0.1, -0.05) is 0 Å². The average Bonchev–Trinajstić information content (AvgIpc) is 2.48. The number of aromatic amines is 1. The fourth-order valence-electron chi connectivity index (χ4n) is 1.01. The molecule has 0 aliphatic carbocycles. The van der Waals surface area contributed by atoms with Gasteiger partial charge in [0.05, 0.1) is 11.6 Å². The third kappa shape index (κ3) is 0.792. The van der Waals surface area contributed by atoms with Crippen LogP contribution in [0.5, 0.6) is 0 Å². The Hall–Kier alpha value is -1.52. The van der Waals surface area contributed by atoms with E-state index in [1.54, 1.807) is 0 Å². The van der Waals surface area contributed by atoms with Gasteiger partial charge in [0.1, 0.15) is 5.52 Å². The molecule has 5 heteroatoms. The van der Waals surface area contributed by atoms with Crippen molar-refractivity contribution in [1.29, 1.82) is 0 Å². The highest BCUT2D eigenvalue weighted by Gasteiger charge is 2.12. The quantitative estimate of drug-likeness (QED) is 0.604. The molecule has 0 radical (unpaired) electrons. The van der Waals surface area contributed by atoms with Gasteiger partial charge in [-0.2, -0.15) is 5.10 Å². The summed E-state index contributed by atoms with van der Waals surface area (Å²) in [6.45, 7) is 0. The van der Waals surface area contributed by atoms with Gasteiger partial charge in [0, 0.05) is 6.07 Å². The molecule has 1 aromatic heterocycles. The third-order valence-corrected chi connectivity index (χ3v) is 1.58. The van der Waals surface area contributed by atoms with E-state index >= 15 is 0 Å². The van der Waals surface area contributed by atoms with Crippen molar-refractivity contribution in [3.63, 3.8) is 0 Å². The molecular weight excluding hydrogens is 169 g/mol. The monoisotopic (exact) mass is 172 g/mol. The standard InChI is InChI=1S/C7H3F3N2/c8-4-1-5(9)7-3(6(4)10)2-11-12-7/h1-2H,(H,11,12). The summed E-state index contributed by atoms with van der Waals surface area (Å²) in [6.07, 6.45) is 1.04. The molecular formula is C7H3F3N2. The second-order valence-corrected chi connectivity index (χ2v) is 2.31. The predicted molar refractivity (Wildman–Crippen MR) is 36.0 cm³/mol. The van der Waals surface area contributed by atoms with Crippen LogP contribution in [0.4, 0.5) is 13.2 Å². The van der Waals surface area contributed by atoms with Crippen LogP contribution in [-0.2, 0) is 0 Å². The van der Waals surface area contributed by atoms with Crippen molar-refractivity contribution in [2.24, 2.45) is 0 Å². The number of nitrogens with zero attached hydrogens (tertiary/aromatic N) is 1. The molecule has 1 aromatic carbocycles. The Kier molecular flexibility index (Phi) is 1.33. The van der Waals surface area contributed by atoms with Crippen molar-refractivity contribution in [3.05, 3.63) is 29.7 Å². The number of fused-ring (bicyclic) bond motifs is 1. The molecule has 0 saturated carbocycles. The summed E-state index contributed by atoms with van der Waals surface area (Å²) >= 11 is 0. The Morgan fingerprint density at radius 3 is 2.67 bits per heavy atom. The maximum absolute atomic E-state index is 12.8. The van der Waals surface area contributed by atoms with Crippen LogP contribution in [-0.4, -0.2) is 10.2 Å². The fraction of sp³-hybridized carbons (Fsp3) is 0. The first-order valence-electron chi connectivity index (χ1n) is 3.16. The van der Waals surface area contributed by atoms with E-state index in [0.29, 0.717) is 6.07 Å². The van der Waals surface area contributed by atoms with Crippen LogP contribution in [0.15, 0.2) is 12.3 Å². The largest absolute Gasteiger partial charge is 0.275 e. The van der Waals surface area contributed by atoms with Crippen LogP contribution in [0.1, 0.15) is 0 Å². The Bertz CT molecular complexity index is 435. The Labute approximate surface area is 65.0 Å². The summed E-state index contributed by atoms with van der Waals surface area (Å²) < 4.78 is 38.1. The molecule has 2 rings (SSSR count). The molecule has 12 heavy (non-hydrogen) atoms. The number of nitrogens with one attached hydrogen (secondary N) is 1. The lowest BCUT2D eigenvalue weighted by Crippen LogP contribution is -1.88. The summed E-state index contributed by atoms with van der Waals surface area (Å²) in [5.41, 5.74) is -0.117. The van der Waals surface area contributed by atoms with Crippen LogP contribution >= 0.6 is 0 Å². The lowest BCUT2D eigenvalue weighted by atomic mass is 10.2. The zero-order chi connectivity index (χ0) is 8.72. The minimum Gasteiger partial charge on any atom is -0.275 e. The summed E-state index contributed by atoms with van der Waals surface area (Å²) in [6, 6.07) is 0.482. The number of rotatable bonds is 0. The fourth-order valence-corrected chi connectivity index (χ4v) is 1.01. The van der Waals surface area contributed by atoms with Crippen molar-refractivity contribution in [2.75, 3.05) is 0 Å². The zero-order valence-corrected chi connectivity index (χ0v) is 5.74. The van der Waals surface area contributed by atoms with Gasteiger partial charge >= 0.3 is 0 Å². The van der Waals surface area contributed by atoms with E-state index in [9.17, 15) is 13.2 Å². The SMILES string of the molecule is Fc1cc(F)c2[nH]ncc2c1F. The van der Waals surface area contributed by atoms with Gasteiger partial charge in [0.25, 0.3) is 0 Å². The van der Waals surface area contributed by atoms with E-state index in [-0.39, 0.29) is 10.9 Å². The summed E-state index contributed by atoms with van der Waals surface area (Å²) in [4.78, 5) is 0. The van der Waals surface area contributed by atoms with Gasteiger partial charge in [-0.15, -0.1) is 0 Å². The molecule has 0 amide bonds. The summed E-state index contributed by atoms with van der Waals surface area (Å²) in [5.74, 6) is -3.14. The van der Waals surface area contributed by atoms with Crippen molar-refractivity contribution in [1.82, 2.24) is 10.2 Å². The second kappa shape index (κ2) is 2.23. The molecule has 0 unspecified atom stereocenters. The van der Waals surface area contributed by atoms with Crippen molar-refractivity contribution in [3.8, 4) is 0 Å². The van der Waals surface area contributed by atoms with E-state index < -0.39 is 17.5 Å². The zero-order valence-electron chi connectivity index (χ0n) is 5.74. The Morgan fingerprint density at radius 1 is 1.17 bits per heavy atom. The molecule has 1 heterocycles. The van der Waals surface area contributed by atoms with Crippen molar-refractivity contribution < 1.29 is 13.2 Å². The van der Waals surface area contributed by atoms with E-state index in [1.807, 2.05) is 0 Å². The van der Waals surface area contributed by atoms with Gasteiger partial charge in [-0.25, -0.2) is 13.2 Å². The molecule has 0 bridgehead atoms. The Morgan fingerprint density at radius 2 is 1.92 bits per heavy atom. The molecule has 0 aliphatic heterocycles. The number of halogens is 3. The van der Waals surface area contributed by atoms with E-state index in [4.69, 9.17) is 0 Å². The van der Waals surface area contributed by atoms with E-state index in [2.05, 4.69) is 10.2 Å². The lowest BCUT2D eigenvalue weighted by Gasteiger charge is -1.94. The number of hydrogen-bond acceptors (Lipinski definition) is 1. The highest BCUT2D eigenvalue weighted by Crippen LogP contribution is 2.20. The summed E-state index contributed by atoms with van der Waals surface area (Å²) in [7, 11) is 0. The Balaban J connectivity index is 2.97. The molecule has 0 saturated heterocycles. The van der Waals surface area contributed by atoms with Gasteiger partial charge in [-0.3, -0.25) is 5.10 Å².